The Kier molecular flexibility index (Phi) is 7.34. The molecule has 1 atom stereocenters. The van der Waals surface area contributed by atoms with Crippen LogP contribution in [0.4, 0.5) is 11.5 Å². The quantitative estimate of drug-likeness (QED) is 0.149. The van der Waals surface area contributed by atoms with E-state index in [4.69, 9.17) is 9.26 Å². The first-order valence-corrected chi connectivity index (χ1v) is 14.7. The molecule has 0 saturated heterocycles. The summed E-state index contributed by atoms with van der Waals surface area (Å²) in [5.41, 5.74) is 4.63. The molecule has 1 unspecified atom stereocenters. The second kappa shape index (κ2) is 11.2. The van der Waals surface area contributed by atoms with Crippen molar-refractivity contribution in [3.05, 3.63) is 108 Å². The van der Waals surface area contributed by atoms with Crippen LogP contribution in [-0.4, -0.2) is 27.3 Å². The molecule has 8 heteroatoms. The van der Waals surface area contributed by atoms with E-state index in [-0.39, 0.29) is 5.97 Å². The van der Waals surface area contributed by atoms with Crippen molar-refractivity contribution in [2.45, 2.75) is 42.0 Å². The van der Waals surface area contributed by atoms with Gasteiger partial charge in [-0.1, -0.05) is 78.0 Å². The molecule has 1 saturated carbocycles. The van der Waals surface area contributed by atoms with Gasteiger partial charge in [-0.2, -0.15) is 4.98 Å². The molecular weight excluding hydrogens is 534 g/mol. The largest absolute Gasteiger partial charge is 0.605 e. The Bertz CT molecular complexity index is 1680. The van der Waals surface area contributed by atoms with Crippen molar-refractivity contribution in [1.82, 2.24) is 10.1 Å². The highest BCUT2D eigenvalue weighted by Crippen LogP contribution is 2.49. The number of nitrogens with one attached hydrogen (secondary N) is 1. The number of carbonyl (C=O) groups excluding carboxylic acids is 1. The van der Waals surface area contributed by atoms with Crippen molar-refractivity contribution in [3.63, 3.8) is 0 Å². The number of hydrogen-bond acceptors (Lipinski definition) is 7. The maximum Gasteiger partial charge on any atom is 0.316 e. The number of aromatic nitrogens is 2. The zero-order chi connectivity index (χ0) is 28.4. The fourth-order valence-electron chi connectivity index (χ4n) is 4.99. The topological polar surface area (TPSA) is 100 Å². The summed E-state index contributed by atoms with van der Waals surface area (Å²) in [6, 6.07) is 30.7. The third kappa shape index (κ3) is 5.24. The lowest BCUT2D eigenvalue weighted by molar-refractivity contribution is -0.146. The van der Waals surface area contributed by atoms with E-state index in [1.807, 2.05) is 105 Å². The summed E-state index contributed by atoms with van der Waals surface area (Å²) < 4.78 is 24.3. The first kappa shape index (κ1) is 26.8. The minimum Gasteiger partial charge on any atom is -0.605 e. The Balaban J connectivity index is 1.30. The van der Waals surface area contributed by atoms with Gasteiger partial charge in [0.15, 0.2) is 10.7 Å². The summed E-state index contributed by atoms with van der Waals surface area (Å²) in [5.74, 6) is 0.963. The summed E-state index contributed by atoms with van der Waals surface area (Å²) in [6.07, 6.45) is 1.62. The van der Waals surface area contributed by atoms with Gasteiger partial charge in [0.05, 0.1) is 12.0 Å². The third-order valence-electron chi connectivity index (χ3n) is 7.32. The van der Waals surface area contributed by atoms with E-state index in [0.29, 0.717) is 39.5 Å². The number of pyridine rings is 1. The molecule has 1 N–H and O–H groups in total. The maximum absolute atomic E-state index is 13.1. The van der Waals surface area contributed by atoms with E-state index >= 15 is 0 Å². The van der Waals surface area contributed by atoms with Crippen LogP contribution >= 0.6 is 0 Å². The lowest BCUT2D eigenvalue weighted by Crippen LogP contribution is -2.23. The first-order valence-electron chi connectivity index (χ1n) is 13.5. The highest BCUT2D eigenvalue weighted by Gasteiger charge is 2.52. The highest BCUT2D eigenvalue weighted by atomic mass is 32.2. The maximum atomic E-state index is 13.1. The summed E-state index contributed by atoms with van der Waals surface area (Å²) in [7, 11) is 0. The van der Waals surface area contributed by atoms with Crippen molar-refractivity contribution < 1.29 is 18.6 Å². The SMILES string of the molecule is CCOC(=O)C1(c2ccc(-c3ccccc3-c3onc(C)c3Nc3cccc([S+]([O-])c4ccccc4)n3)cc2)CC1. The Morgan fingerprint density at radius 1 is 0.951 bits per heavy atom. The van der Waals surface area contributed by atoms with E-state index in [1.165, 1.54) is 0 Å². The van der Waals surface area contributed by atoms with E-state index in [1.54, 1.807) is 6.07 Å². The summed E-state index contributed by atoms with van der Waals surface area (Å²) in [4.78, 5) is 17.9. The van der Waals surface area contributed by atoms with Crippen LogP contribution in [0.2, 0.25) is 0 Å². The van der Waals surface area contributed by atoms with E-state index < -0.39 is 16.6 Å². The molecule has 0 spiro atoms. The van der Waals surface area contributed by atoms with Crippen molar-refractivity contribution in [2.75, 3.05) is 11.9 Å². The van der Waals surface area contributed by atoms with Crippen molar-refractivity contribution >= 4 is 28.7 Å². The standard InChI is InChI=1S/C33H29N3O4S/c1-3-39-32(37)33(20-21-33)24-18-16-23(17-19-24)26-12-7-8-13-27(26)31-30(22(2)36-40-31)35-28-14-9-15-29(34-28)41(38)25-10-5-4-6-11-25/h4-19H,3,20-21H2,1-2H3,(H,34,35). The van der Waals surface area contributed by atoms with Crippen LogP contribution in [-0.2, 0) is 26.1 Å². The fraction of sp³-hybridized carbons (Fsp3) is 0.182. The molecule has 2 heterocycles. The average molecular weight is 564 g/mol. The van der Waals surface area contributed by atoms with Gasteiger partial charge in [0, 0.05) is 22.8 Å². The molecule has 5 aromatic rings. The van der Waals surface area contributed by atoms with Gasteiger partial charge in [-0.15, -0.1) is 0 Å². The number of ether oxygens (including phenoxy) is 1. The lowest BCUT2D eigenvalue weighted by atomic mass is 9.92. The van der Waals surface area contributed by atoms with Gasteiger partial charge in [-0.25, -0.2) is 0 Å². The summed E-state index contributed by atoms with van der Waals surface area (Å²) in [5, 5.41) is 8.05. The van der Waals surface area contributed by atoms with Crippen LogP contribution in [0, 0.1) is 6.92 Å². The summed E-state index contributed by atoms with van der Waals surface area (Å²) in [6.45, 7) is 4.08. The number of aryl methyl sites for hydroxylation is 1. The Hall–Kier alpha value is -4.40. The van der Waals surface area contributed by atoms with Crippen LogP contribution in [0.15, 0.2) is 112 Å². The predicted octanol–water partition coefficient (Wildman–Crippen LogP) is 7.22. The van der Waals surface area contributed by atoms with Crippen LogP contribution in [0.3, 0.4) is 0 Å². The van der Waals surface area contributed by atoms with Gasteiger partial charge in [-0.3, -0.25) is 4.79 Å². The number of carbonyl (C=O) groups is 1. The van der Waals surface area contributed by atoms with Crippen LogP contribution in [0.25, 0.3) is 22.5 Å². The molecule has 2 aromatic heterocycles. The van der Waals surface area contributed by atoms with Gasteiger partial charge in [0.25, 0.3) is 5.03 Å². The fourth-order valence-corrected chi connectivity index (χ4v) is 6.02. The zero-order valence-electron chi connectivity index (χ0n) is 22.8. The van der Waals surface area contributed by atoms with Gasteiger partial charge < -0.3 is 19.1 Å². The number of nitrogens with zero attached hydrogens (tertiary/aromatic N) is 2. The molecule has 0 aliphatic heterocycles. The minimum absolute atomic E-state index is 0.147. The van der Waals surface area contributed by atoms with Crippen LogP contribution < -0.4 is 5.32 Å². The molecule has 1 aliphatic carbocycles. The van der Waals surface area contributed by atoms with E-state index in [2.05, 4.69) is 15.5 Å². The monoisotopic (exact) mass is 563 g/mol. The average Bonchev–Trinajstić information content (AvgIpc) is 3.76. The van der Waals surface area contributed by atoms with Crippen molar-refractivity contribution in [3.8, 4) is 22.5 Å². The van der Waals surface area contributed by atoms with Gasteiger partial charge in [0.2, 0.25) is 0 Å². The van der Waals surface area contributed by atoms with Gasteiger partial charge in [0.1, 0.15) is 17.2 Å². The minimum atomic E-state index is -1.41. The molecule has 1 fully saturated rings. The summed E-state index contributed by atoms with van der Waals surface area (Å²) >= 11 is -1.41. The van der Waals surface area contributed by atoms with Crippen LogP contribution in [0.1, 0.15) is 31.0 Å². The number of rotatable bonds is 9. The van der Waals surface area contributed by atoms with Gasteiger partial charge >= 0.3 is 5.97 Å². The molecular formula is C33H29N3O4S. The molecule has 206 valence electrons. The number of benzene rings is 3. The number of hydrogen-bond donors (Lipinski definition) is 1. The molecule has 0 radical (unpaired) electrons. The molecule has 6 rings (SSSR count). The Morgan fingerprint density at radius 2 is 1.66 bits per heavy atom. The molecule has 41 heavy (non-hydrogen) atoms. The molecule has 0 bridgehead atoms. The predicted molar refractivity (Wildman–Crippen MR) is 158 cm³/mol. The number of esters is 1. The molecule has 1 aliphatic rings. The number of anilines is 2. The van der Waals surface area contributed by atoms with Crippen LogP contribution in [0.5, 0.6) is 0 Å². The smallest absolute Gasteiger partial charge is 0.316 e. The Morgan fingerprint density at radius 3 is 2.37 bits per heavy atom. The van der Waals surface area contributed by atoms with E-state index in [0.717, 1.165) is 35.1 Å². The third-order valence-corrected chi connectivity index (χ3v) is 8.63. The van der Waals surface area contributed by atoms with E-state index in [9.17, 15) is 9.35 Å². The van der Waals surface area contributed by atoms with Crippen molar-refractivity contribution in [1.29, 1.82) is 0 Å². The molecule has 3 aromatic carbocycles. The molecule has 7 nitrogen and oxygen atoms in total. The zero-order valence-corrected chi connectivity index (χ0v) is 23.6. The normalized spacial score (nSPS) is 14.3. The highest BCUT2D eigenvalue weighted by molar-refractivity contribution is 7.91. The lowest BCUT2D eigenvalue weighted by Gasteiger charge is -2.15. The second-order valence-corrected chi connectivity index (χ2v) is 11.4. The van der Waals surface area contributed by atoms with Crippen molar-refractivity contribution in [2.24, 2.45) is 0 Å². The van der Waals surface area contributed by atoms with Gasteiger partial charge in [-0.05, 0) is 61.6 Å². The second-order valence-electron chi connectivity index (χ2n) is 9.97. The molecule has 0 amide bonds. The first-order chi connectivity index (χ1) is 20.0. The Labute approximate surface area is 241 Å².